The summed E-state index contributed by atoms with van der Waals surface area (Å²) in [6.45, 7) is 1.48. The second-order valence-electron chi connectivity index (χ2n) is 3.34. The molecule has 17 heavy (non-hydrogen) atoms. The minimum atomic E-state index is -1.00. The Morgan fingerprint density at radius 3 is 3.00 bits per heavy atom. The molecule has 0 aliphatic rings. The molecule has 0 fully saturated rings. The Kier molecular flexibility index (Phi) is 5.98. The molecule has 1 rings (SSSR count). The maximum absolute atomic E-state index is 10.9. The number of aromatic nitrogens is 1. The average Bonchev–Trinajstić information content (AvgIpc) is 2.34. The van der Waals surface area contributed by atoms with E-state index < -0.39 is 5.97 Å². The van der Waals surface area contributed by atoms with Gasteiger partial charge in [-0.05, 0) is 12.5 Å². The molecule has 0 aliphatic heterocycles. The summed E-state index contributed by atoms with van der Waals surface area (Å²) in [5.41, 5.74) is 0.707. The largest absolute Gasteiger partial charge is 0.478 e. The molecule has 3 N–H and O–H groups in total. The van der Waals surface area contributed by atoms with Gasteiger partial charge in [0.05, 0.1) is 18.9 Å². The smallest absolute Gasteiger partial charge is 0.339 e. The van der Waals surface area contributed by atoms with E-state index in [1.165, 1.54) is 12.4 Å². The highest BCUT2D eigenvalue weighted by molar-refractivity contribution is 5.93. The van der Waals surface area contributed by atoms with Crippen molar-refractivity contribution < 1.29 is 19.7 Å². The van der Waals surface area contributed by atoms with E-state index in [0.29, 0.717) is 25.4 Å². The summed E-state index contributed by atoms with van der Waals surface area (Å²) in [5, 5.41) is 20.4. The number of nitrogens with one attached hydrogen (secondary N) is 1. The second-order valence-corrected chi connectivity index (χ2v) is 3.34. The van der Waals surface area contributed by atoms with Crippen LogP contribution < -0.4 is 5.32 Å². The van der Waals surface area contributed by atoms with Crippen molar-refractivity contribution in [2.24, 2.45) is 0 Å². The number of carboxylic acid groups (broad SMARTS) is 1. The summed E-state index contributed by atoms with van der Waals surface area (Å²) < 4.78 is 5.08. The highest BCUT2D eigenvalue weighted by Gasteiger charge is 2.08. The number of aromatic carboxylic acids is 1. The lowest BCUT2D eigenvalue weighted by Gasteiger charge is -2.08. The molecule has 0 saturated carbocycles. The zero-order chi connectivity index (χ0) is 12.5. The number of carbonyl (C=O) groups is 1. The molecule has 1 aromatic heterocycles. The van der Waals surface area contributed by atoms with Crippen molar-refractivity contribution in [1.82, 2.24) is 4.98 Å². The van der Waals surface area contributed by atoms with E-state index in [-0.39, 0.29) is 12.2 Å². The number of rotatable bonds is 8. The number of ether oxygens (including phenoxy) is 1. The second kappa shape index (κ2) is 7.59. The number of aliphatic hydroxyl groups excluding tert-OH is 1. The number of pyridine rings is 1. The Balaban J connectivity index is 2.34. The zero-order valence-electron chi connectivity index (χ0n) is 9.43. The van der Waals surface area contributed by atoms with Gasteiger partial charge >= 0.3 is 5.97 Å². The molecular weight excluding hydrogens is 224 g/mol. The van der Waals surface area contributed by atoms with Crippen molar-refractivity contribution in [3.8, 4) is 0 Å². The van der Waals surface area contributed by atoms with E-state index in [1.807, 2.05) is 0 Å². The molecule has 1 heterocycles. The molecule has 6 nitrogen and oxygen atoms in total. The van der Waals surface area contributed by atoms with Gasteiger partial charge in [0.2, 0.25) is 0 Å². The van der Waals surface area contributed by atoms with Crippen molar-refractivity contribution in [2.75, 3.05) is 31.7 Å². The predicted molar refractivity (Wildman–Crippen MR) is 62.2 cm³/mol. The van der Waals surface area contributed by atoms with Crippen molar-refractivity contribution >= 4 is 11.7 Å². The van der Waals surface area contributed by atoms with Crippen LogP contribution in [0.25, 0.3) is 0 Å². The first kappa shape index (κ1) is 13.4. The van der Waals surface area contributed by atoms with Gasteiger partial charge in [-0.2, -0.15) is 0 Å². The van der Waals surface area contributed by atoms with Crippen LogP contribution in [-0.2, 0) is 4.74 Å². The number of carboxylic acids is 1. The molecule has 0 bridgehead atoms. The van der Waals surface area contributed by atoms with E-state index in [9.17, 15) is 4.79 Å². The van der Waals surface area contributed by atoms with E-state index >= 15 is 0 Å². The maximum atomic E-state index is 10.9. The standard InChI is InChI=1S/C11H16N2O4/c14-5-7-17-6-1-3-13-10-2-4-12-8-9(10)11(15)16/h2,4,8,14H,1,3,5-7H2,(H,12,13)(H,15,16). The molecule has 0 aromatic carbocycles. The van der Waals surface area contributed by atoms with Crippen LogP contribution in [-0.4, -0.2) is 47.5 Å². The third-order valence-electron chi connectivity index (χ3n) is 2.07. The topological polar surface area (TPSA) is 91.7 Å². The van der Waals surface area contributed by atoms with Crippen molar-refractivity contribution in [1.29, 1.82) is 0 Å². The van der Waals surface area contributed by atoms with Gasteiger partial charge in [-0.15, -0.1) is 0 Å². The van der Waals surface area contributed by atoms with Crippen LogP contribution in [0.2, 0.25) is 0 Å². The van der Waals surface area contributed by atoms with E-state index in [0.717, 1.165) is 6.42 Å². The summed E-state index contributed by atoms with van der Waals surface area (Å²) in [5.74, 6) is -1.00. The first-order valence-electron chi connectivity index (χ1n) is 5.35. The highest BCUT2D eigenvalue weighted by atomic mass is 16.5. The Hall–Kier alpha value is -1.66. The molecular formula is C11H16N2O4. The van der Waals surface area contributed by atoms with Crippen LogP contribution in [0.1, 0.15) is 16.8 Å². The van der Waals surface area contributed by atoms with Gasteiger partial charge in [0, 0.05) is 25.5 Å². The van der Waals surface area contributed by atoms with Crippen LogP contribution in [0.4, 0.5) is 5.69 Å². The Labute approximate surface area is 99.3 Å². The fraction of sp³-hybridized carbons (Fsp3) is 0.455. The van der Waals surface area contributed by atoms with E-state index in [1.54, 1.807) is 6.07 Å². The summed E-state index contributed by atoms with van der Waals surface area (Å²) in [4.78, 5) is 14.6. The number of hydrogen-bond acceptors (Lipinski definition) is 5. The van der Waals surface area contributed by atoms with Gasteiger partial charge in [-0.3, -0.25) is 4.98 Å². The first-order valence-corrected chi connectivity index (χ1v) is 5.35. The summed E-state index contributed by atoms with van der Waals surface area (Å²) >= 11 is 0. The molecule has 0 radical (unpaired) electrons. The van der Waals surface area contributed by atoms with Gasteiger partial charge < -0.3 is 20.3 Å². The molecule has 0 spiro atoms. The monoisotopic (exact) mass is 240 g/mol. The van der Waals surface area contributed by atoms with Gasteiger partial charge in [-0.25, -0.2) is 4.79 Å². The molecule has 0 unspecified atom stereocenters. The Bertz CT molecular complexity index is 357. The molecule has 0 amide bonds. The average molecular weight is 240 g/mol. The molecule has 0 atom stereocenters. The number of anilines is 1. The van der Waals surface area contributed by atoms with Crippen LogP contribution in [0.5, 0.6) is 0 Å². The molecule has 0 saturated heterocycles. The normalized spacial score (nSPS) is 10.2. The fourth-order valence-corrected chi connectivity index (χ4v) is 1.28. The van der Waals surface area contributed by atoms with Crippen LogP contribution >= 0.6 is 0 Å². The lowest BCUT2D eigenvalue weighted by Crippen LogP contribution is -2.10. The number of nitrogens with zero attached hydrogens (tertiary/aromatic N) is 1. The number of hydrogen-bond donors (Lipinski definition) is 3. The Morgan fingerprint density at radius 1 is 1.47 bits per heavy atom. The third-order valence-corrected chi connectivity index (χ3v) is 2.07. The minimum absolute atomic E-state index is 0.0148. The summed E-state index contributed by atoms with van der Waals surface area (Å²) in [7, 11) is 0. The van der Waals surface area contributed by atoms with Gasteiger partial charge in [0.15, 0.2) is 0 Å². The van der Waals surface area contributed by atoms with Crippen LogP contribution in [0, 0.1) is 0 Å². The fourth-order valence-electron chi connectivity index (χ4n) is 1.28. The lowest BCUT2D eigenvalue weighted by atomic mass is 10.2. The van der Waals surface area contributed by atoms with Crippen molar-refractivity contribution in [3.63, 3.8) is 0 Å². The number of aliphatic hydroxyl groups is 1. The predicted octanol–water partition coefficient (Wildman–Crippen LogP) is 0.591. The maximum Gasteiger partial charge on any atom is 0.339 e. The molecule has 1 aromatic rings. The molecule has 6 heteroatoms. The SMILES string of the molecule is O=C(O)c1cnccc1NCCCOCCO. The van der Waals surface area contributed by atoms with Gasteiger partial charge in [0.25, 0.3) is 0 Å². The highest BCUT2D eigenvalue weighted by Crippen LogP contribution is 2.12. The van der Waals surface area contributed by atoms with Crippen molar-refractivity contribution in [3.05, 3.63) is 24.0 Å². The minimum Gasteiger partial charge on any atom is -0.478 e. The quantitative estimate of drug-likeness (QED) is 0.576. The lowest BCUT2D eigenvalue weighted by molar-refractivity contribution is 0.0697. The van der Waals surface area contributed by atoms with Gasteiger partial charge in [0.1, 0.15) is 5.56 Å². The zero-order valence-corrected chi connectivity index (χ0v) is 9.43. The molecule has 0 aliphatic carbocycles. The van der Waals surface area contributed by atoms with Gasteiger partial charge in [-0.1, -0.05) is 0 Å². The summed E-state index contributed by atoms with van der Waals surface area (Å²) in [6.07, 6.45) is 3.59. The van der Waals surface area contributed by atoms with Crippen LogP contribution in [0.15, 0.2) is 18.5 Å². The van der Waals surface area contributed by atoms with E-state index in [2.05, 4.69) is 10.3 Å². The van der Waals surface area contributed by atoms with E-state index in [4.69, 9.17) is 14.9 Å². The van der Waals surface area contributed by atoms with Crippen molar-refractivity contribution in [2.45, 2.75) is 6.42 Å². The van der Waals surface area contributed by atoms with Crippen LogP contribution in [0.3, 0.4) is 0 Å². The summed E-state index contributed by atoms with van der Waals surface area (Å²) in [6, 6.07) is 1.62. The third kappa shape index (κ3) is 4.80. The first-order chi connectivity index (χ1) is 8.25. The Morgan fingerprint density at radius 2 is 2.29 bits per heavy atom. The molecule has 94 valence electrons.